The number of nitrogens with one attached hydrogen (secondary N) is 2. The molecule has 1 atom stereocenters. The second-order valence-corrected chi connectivity index (χ2v) is 9.04. The van der Waals surface area contributed by atoms with Crippen LogP contribution in [-0.4, -0.2) is 49.3 Å². The number of benzene rings is 2. The molecule has 0 bridgehead atoms. The van der Waals surface area contributed by atoms with Gasteiger partial charge in [-0.15, -0.1) is 0 Å². The van der Waals surface area contributed by atoms with E-state index in [1.54, 1.807) is 0 Å². The number of ether oxygens (including phenoxy) is 1. The smallest absolute Gasteiger partial charge is 0.225 e. The first-order valence-electron chi connectivity index (χ1n) is 11.7. The first-order valence-corrected chi connectivity index (χ1v) is 11.7. The summed E-state index contributed by atoms with van der Waals surface area (Å²) in [7, 11) is 4.06. The SMILES string of the molecule is CC(CNCC1CCC(Nc2nc(N(C)C)c3ccccc3n2)CC1)Oc1ccccc1. The Morgan fingerprint density at radius 3 is 2.44 bits per heavy atom. The highest BCUT2D eigenvalue weighted by atomic mass is 16.5. The van der Waals surface area contributed by atoms with Gasteiger partial charge >= 0.3 is 0 Å². The van der Waals surface area contributed by atoms with Crippen molar-refractivity contribution in [1.82, 2.24) is 15.3 Å². The second-order valence-electron chi connectivity index (χ2n) is 9.04. The molecule has 2 aromatic carbocycles. The number of anilines is 2. The monoisotopic (exact) mass is 433 g/mol. The van der Waals surface area contributed by atoms with Crippen LogP contribution in [0.25, 0.3) is 10.9 Å². The third-order valence-electron chi connectivity index (χ3n) is 6.13. The van der Waals surface area contributed by atoms with Crippen LogP contribution in [0.1, 0.15) is 32.6 Å². The van der Waals surface area contributed by atoms with Crippen LogP contribution in [0.3, 0.4) is 0 Å². The summed E-state index contributed by atoms with van der Waals surface area (Å²) >= 11 is 0. The Balaban J connectivity index is 1.23. The van der Waals surface area contributed by atoms with Crippen molar-refractivity contribution < 1.29 is 4.74 Å². The van der Waals surface area contributed by atoms with Crippen LogP contribution in [0.15, 0.2) is 54.6 Å². The maximum atomic E-state index is 5.95. The van der Waals surface area contributed by atoms with Gasteiger partial charge in [0.1, 0.15) is 17.7 Å². The van der Waals surface area contributed by atoms with Crippen LogP contribution in [0.5, 0.6) is 5.75 Å². The second kappa shape index (κ2) is 10.6. The maximum Gasteiger partial charge on any atom is 0.225 e. The minimum Gasteiger partial charge on any atom is -0.489 e. The fourth-order valence-electron chi connectivity index (χ4n) is 4.42. The molecule has 4 rings (SSSR count). The molecule has 0 radical (unpaired) electrons. The Labute approximate surface area is 191 Å². The number of fused-ring (bicyclic) bond motifs is 1. The molecule has 0 saturated heterocycles. The lowest BCUT2D eigenvalue weighted by molar-refractivity contribution is 0.210. The molecule has 0 amide bonds. The number of hydrogen-bond donors (Lipinski definition) is 2. The molecule has 1 aliphatic rings. The van der Waals surface area contributed by atoms with Gasteiger partial charge in [0.15, 0.2) is 0 Å². The Bertz CT molecular complexity index is 986. The van der Waals surface area contributed by atoms with Crippen molar-refractivity contribution in [2.45, 2.75) is 44.8 Å². The Morgan fingerprint density at radius 2 is 1.69 bits per heavy atom. The van der Waals surface area contributed by atoms with Gasteiger partial charge in [0, 0.05) is 32.1 Å². The van der Waals surface area contributed by atoms with Crippen molar-refractivity contribution in [2.24, 2.45) is 5.92 Å². The highest BCUT2D eigenvalue weighted by Crippen LogP contribution is 2.28. The Hall–Kier alpha value is -2.86. The summed E-state index contributed by atoms with van der Waals surface area (Å²) in [5, 5.41) is 8.29. The van der Waals surface area contributed by atoms with Crippen molar-refractivity contribution in [3.05, 3.63) is 54.6 Å². The average molecular weight is 434 g/mol. The summed E-state index contributed by atoms with van der Waals surface area (Å²) in [6, 6.07) is 18.7. The van der Waals surface area contributed by atoms with Gasteiger partial charge in [-0.25, -0.2) is 4.98 Å². The minimum absolute atomic E-state index is 0.159. The molecule has 3 aromatic rings. The summed E-state index contributed by atoms with van der Waals surface area (Å²) in [5.74, 6) is 3.34. The van der Waals surface area contributed by atoms with Gasteiger partial charge in [0.2, 0.25) is 5.95 Å². The zero-order valence-electron chi connectivity index (χ0n) is 19.4. The van der Waals surface area contributed by atoms with Crippen LogP contribution in [0.2, 0.25) is 0 Å². The molecule has 1 unspecified atom stereocenters. The summed E-state index contributed by atoms with van der Waals surface area (Å²) in [6.07, 6.45) is 4.89. The number of hydrogen-bond acceptors (Lipinski definition) is 6. The predicted molar refractivity (Wildman–Crippen MR) is 133 cm³/mol. The molecule has 6 heteroatoms. The molecule has 1 aromatic heterocycles. The van der Waals surface area contributed by atoms with E-state index in [-0.39, 0.29) is 6.10 Å². The number of nitrogens with zero attached hydrogens (tertiary/aromatic N) is 3. The van der Waals surface area contributed by atoms with E-state index >= 15 is 0 Å². The number of aromatic nitrogens is 2. The molecule has 6 nitrogen and oxygen atoms in total. The fraction of sp³-hybridized carbons (Fsp3) is 0.462. The van der Waals surface area contributed by atoms with E-state index in [2.05, 4.69) is 34.6 Å². The van der Waals surface area contributed by atoms with Crippen molar-refractivity contribution in [2.75, 3.05) is 37.4 Å². The summed E-state index contributed by atoms with van der Waals surface area (Å²) in [6.45, 7) is 4.03. The van der Waals surface area contributed by atoms with E-state index in [9.17, 15) is 0 Å². The fourth-order valence-corrected chi connectivity index (χ4v) is 4.42. The normalized spacial score (nSPS) is 19.5. The van der Waals surface area contributed by atoms with Gasteiger partial charge in [-0.05, 0) is 69.3 Å². The molecule has 32 heavy (non-hydrogen) atoms. The van der Waals surface area contributed by atoms with E-state index in [1.165, 1.54) is 12.8 Å². The standard InChI is InChI=1S/C26H35N5O/c1-19(32-22-9-5-4-6-10-22)17-27-18-20-13-15-21(16-14-20)28-26-29-24-12-8-7-11-23(24)25(30-26)31(2)3/h4-12,19-21,27H,13-18H2,1-3H3,(H,28,29,30). The molecule has 0 spiro atoms. The highest BCUT2D eigenvalue weighted by molar-refractivity contribution is 5.90. The molecule has 1 heterocycles. The Morgan fingerprint density at radius 1 is 0.969 bits per heavy atom. The van der Waals surface area contributed by atoms with E-state index in [0.717, 1.165) is 54.3 Å². The zero-order chi connectivity index (χ0) is 22.3. The summed E-state index contributed by atoms with van der Waals surface area (Å²) in [5.41, 5.74) is 0.985. The first kappa shape index (κ1) is 22.3. The predicted octanol–water partition coefficient (Wildman–Crippen LogP) is 4.72. The van der Waals surface area contributed by atoms with Crippen LogP contribution in [0.4, 0.5) is 11.8 Å². The maximum absolute atomic E-state index is 5.95. The largest absolute Gasteiger partial charge is 0.489 e. The van der Waals surface area contributed by atoms with Crippen molar-refractivity contribution >= 4 is 22.7 Å². The quantitative estimate of drug-likeness (QED) is 0.509. The van der Waals surface area contributed by atoms with Crippen molar-refractivity contribution in [3.8, 4) is 5.75 Å². The van der Waals surface area contributed by atoms with Crippen LogP contribution in [-0.2, 0) is 0 Å². The summed E-state index contributed by atoms with van der Waals surface area (Å²) < 4.78 is 5.95. The third-order valence-corrected chi connectivity index (χ3v) is 6.13. The van der Waals surface area contributed by atoms with Crippen molar-refractivity contribution in [3.63, 3.8) is 0 Å². The lowest BCUT2D eigenvalue weighted by Gasteiger charge is -2.30. The van der Waals surface area contributed by atoms with Crippen LogP contribution < -0.4 is 20.3 Å². The lowest BCUT2D eigenvalue weighted by atomic mass is 9.86. The molecule has 0 aliphatic heterocycles. The minimum atomic E-state index is 0.159. The molecule has 1 saturated carbocycles. The molecule has 1 fully saturated rings. The van der Waals surface area contributed by atoms with Gasteiger partial charge in [-0.1, -0.05) is 30.3 Å². The van der Waals surface area contributed by atoms with Crippen LogP contribution >= 0.6 is 0 Å². The zero-order valence-corrected chi connectivity index (χ0v) is 19.4. The van der Waals surface area contributed by atoms with Crippen molar-refractivity contribution in [1.29, 1.82) is 0 Å². The Kier molecular flexibility index (Phi) is 7.43. The van der Waals surface area contributed by atoms with E-state index in [0.29, 0.717) is 12.0 Å². The molecular weight excluding hydrogens is 398 g/mol. The average Bonchev–Trinajstić information content (AvgIpc) is 2.80. The van der Waals surface area contributed by atoms with Gasteiger partial charge in [0.05, 0.1) is 5.52 Å². The summed E-state index contributed by atoms with van der Waals surface area (Å²) in [4.78, 5) is 11.6. The van der Waals surface area contributed by atoms with E-state index < -0.39 is 0 Å². The van der Waals surface area contributed by atoms with Gasteiger partial charge < -0.3 is 20.3 Å². The van der Waals surface area contributed by atoms with E-state index in [1.807, 2.05) is 56.6 Å². The van der Waals surface area contributed by atoms with E-state index in [4.69, 9.17) is 14.7 Å². The molecule has 1 aliphatic carbocycles. The topological polar surface area (TPSA) is 62.3 Å². The number of para-hydroxylation sites is 2. The third kappa shape index (κ3) is 5.88. The van der Waals surface area contributed by atoms with Gasteiger partial charge in [-0.2, -0.15) is 4.98 Å². The first-order chi connectivity index (χ1) is 15.6. The molecular formula is C26H35N5O. The molecule has 170 valence electrons. The number of rotatable bonds is 9. The lowest BCUT2D eigenvalue weighted by Crippen LogP contribution is -2.35. The van der Waals surface area contributed by atoms with Gasteiger partial charge in [-0.3, -0.25) is 0 Å². The van der Waals surface area contributed by atoms with Gasteiger partial charge in [0.25, 0.3) is 0 Å². The highest BCUT2D eigenvalue weighted by Gasteiger charge is 2.22. The van der Waals surface area contributed by atoms with Crippen LogP contribution in [0, 0.1) is 5.92 Å². The molecule has 2 N–H and O–H groups in total.